The Balaban J connectivity index is 1.93. The number of anilines is 2. The fraction of sp³-hybridized carbons (Fsp3) is 0.417. The summed E-state index contributed by atoms with van der Waals surface area (Å²) >= 11 is 0. The van der Waals surface area contributed by atoms with E-state index < -0.39 is 10.0 Å². The zero-order chi connectivity index (χ0) is 15.2. The maximum Gasteiger partial charge on any atom is 0.317 e. The summed E-state index contributed by atoms with van der Waals surface area (Å²) in [6.07, 6.45) is 0. The molecule has 1 aromatic rings. The largest absolute Gasteiger partial charge is 0.399 e. The van der Waals surface area contributed by atoms with Crippen molar-refractivity contribution in [2.75, 3.05) is 36.8 Å². The quantitative estimate of drug-likeness (QED) is 0.613. The Hall–Kier alpha value is -2.00. The molecule has 8 nitrogen and oxygen atoms in total. The van der Waals surface area contributed by atoms with Crippen molar-refractivity contribution in [3.05, 3.63) is 18.2 Å². The number of sulfonamides is 1. The highest BCUT2D eigenvalue weighted by Crippen LogP contribution is 2.29. The molecule has 2 fully saturated rings. The predicted octanol–water partition coefficient (Wildman–Crippen LogP) is -0.870. The van der Waals surface area contributed by atoms with Gasteiger partial charge in [-0.15, -0.1) is 0 Å². The van der Waals surface area contributed by atoms with Gasteiger partial charge in [-0.05, 0) is 18.2 Å². The zero-order valence-corrected chi connectivity index (χ0v) is 12.1. The third-order valence-corrected chi connectivity index (χ3v) is 4.80. The van der Waals surface area contributed by atoms with Crippen molar-refractivity contribution in [2.45, 2.75) is 10.9 Å². The number of benzene rings is 1. The van der Waals surface area contributed by atoms with Crippen LogP contribution in [0.5, 0.6) is 0 Å². The maximum atomic E-state index is 11.7. The molecular formula is C12H17N5O3S. The topological polar surface area (TPSA) is 122 Å². The van der Waals surface area contributed by atoms with E-state index in [1.807, 2.05) is 4.90 Å². The standard InChI is InChI=1S/C12H17N5O3S/c13-8-1-2-10(11(5-8)21(14,19)20)16-3-4-17-9(7-16)6-15-12(17)18/h1-2,5,9H,3-4,6-7,13H2,(H,15,18)(H2,14,19,20). The number of carbonyl (C=O) groups is 1. The van der Waals surface area contributed by atoms with Gasteiger partial charge in [0, 0.05) is 31.9 Å². The van der Waals surface area contributed by atoms with Gasteiger partial charge in [-0.2, -0.15) is 0 Å². The fourth-order valence-corrected chi connectivity index (χ4v) is 3.63. The minimum Gasteiger partial charge on any atom is -0.399 e. The molecule has 0 aromatic heterocycles. The van der Waals surface area contributed by atoms with Crippen molar-refractivity contribution in [1.82, 2.24) is 10.2 Å². The highest BCUT2D eigenvalue weighted by molar-refractivity contribution is 7.89. The highest BCUT2D eigenvalue weighted by Gasteiger charge is 2.36. The van der Waals surface area contributed by atoms with Gasteiger partial charge < -0.3 is 20.9 Å². The Morgan fingerprint density at radius 1 is 1.29 bits per heavy atom. The first-order valence-corrected chi connectivity index (χ1v) is 8.12. The van der Waals surface area contributed by atoms with Gasteiger partial charge in [0.1, 0.15) is 4.90 Å². The summed E-state index contributed by atoms with van der Waals surface area (Å²) in [5, 5.41) is 8.06. The Bertz CT molecular complexity index is 690. The second-order valence-electron chi connectivity index (χ2n) is 5.25. The minimum absolute atomic E-state index is 0.0215. The monoisotopic (exact) mass is 311 g/mol. The lowest BCUT2D eigenvalue weighted by Gasteiger charge is -2.38. The van der Waals surface area contributed by atoms with Crippen molar-refractivity contribution in [2.24, 2.45) is 5.14 Å². The average Bonchev–Trinajstić information content (AvgIpc) is 2.79. The van der Waals surface area contributed by atoms with Gasteiger partial charge in [0.05, 0.1) is 11.7 Å². The number of nitrogens with two attached hydrogens (primary N) is 2. The Kier molecular flexibility index (Phi) is 3.18. The zero-order valence-electron chi connectivity index (χ0n) is 11.3. The molecule has 114 valence electrons. The van der Waals surface area contributed by atoms with Crippen LogP contribution in [-0.2, 0) is 10.0 Å². The molecule has 2 aliphatic rings. The van der Waals surface area contributed by atoms with E-state index >= 15 is 0 Å². The smallest absolute Gasteiger partial charge is 0.317 e. The summed E-state index contributed by atoms with van der Waals surface area (Å²) in [5.41, 5.74) is 6.54. The number of carbonyl (C=O) groups excluding carboxylic acids is 1. The van der Waals surface area contributed by atoms with E-state index in [-0.39, 0.29) is 17.0 Å². The molecule has 1 atom stereocenters. The third-order valence-electron chi connectivity index (χ3n) is 3.86. The van der Waals surface area contributed by atoms with E-state index in [2.05, 4.69) is 5.32 Å². The van der Waals surface area contributed by atoms with Gasteiger partial charge in [-0.1, -0.05) is 0 Å². The second-order valence-corrected chi connectivity index (χ2v) is 6.78. The molecular weight excluding hydrogens is 294 g/mol. The normalized spacial score (nSPS) is 22.1. The van der Waals surface area contributed by atoms with E-state index in [0.717, 1.165) is 0 Å². The van der Waals surface area contributed by atoms with Crippen molar-refractivity contribution in [1.29, 1.82) is 0 Å². The van der Waals surface area contributed by atoms with Gasteiger partial charge >= 0.3 is 6.03 Å². The number of rotatable bonds is 2. The van der Waals surface area contributed by atoms with E-state index in [1.165, 1.54) is 6.07 Å². The molecule has 1 unspecified atom stereocenters. The van der Waals surface area contributed by atoms with Crippen molar-refractivity contribution < 1.29 is 13.2 Å². The molecule has 0 saturated carbocycles. The van der Waals surface area contributed by atoms with Crippen LogP contribution in [0.15, 0.2) is 23.1 Å². The molecule has 2 heterocycles. The summed E-state index contributed by atoms with van der Waals surface area (Å²) < 4.78 is 23.5. The van der Waals surface area contributed by atoms with Crippen LogP contribution in [0.1, 0.15) is 0 Å². The molecule has 2 saturated heterocycles. The molecule has 0 spiro atoms. The van der Waals surface area contributed by atoms with Gasteiger partial charge in [0.2, 0.25) is 10.0 Å². The van der Waals surface area contributed by atoms with E-state index in [4.69, 9.17) is 10.9 Å². The molecule has 0 aliphatic carbocycles. The lowest BCUT2D eigenvalue weighted by molar-refractivity contribution is 0.197. The van der Waals surface area contributed by atoms with Crippen molar-refractivity contribution in [3.63, 3.8) is 0 Å². The van der Waals surface area contributed by atoms with Crippen LogP contribution in [0, 0.1) is 0 Å². The van der Waals surface area contributed by atoms with Crippen molar-refractivity contribution in [3.8, 4) is 0 Å². The number of nitrogens with zero attached hydrogens (tertiary/aromatic N) is 2. The average molecular weight is 311 g/mol. The Morgan fingerprint density at radius 2 is 2.05 bits per heavy atom. The number of piperazine rings is 1. The van der Waals surface area contributed by atoms with Crippen LogP contribution >= 0.6 is 0 Å². The first-order chi connectivity index (χ1) is 9.86. The summed E-state index contributed by atoms with van der Waals surface area (Å²) in [7, 11) is -3.86. The number of amides is 2. The van der Waals surface area contributed by atoms with E-state index in [1.54, 1.807) is 17.0 Å². The number of hydrogen-bond acceptors (Lipinski definition) is 5. The first kappa shape index (κ1) is 14.0. The summed E-state index contributed by atoms with van der Waals surface area (Å²) in [4.78, 5) is 15.3. The lowest BCUT2D eigenvalue weighted by Crippen LogP contribution is -2.52. The Morgan fingerprint density at radius 3 is 2.76 bits per heavy atom. The molecule has 21 heavy (non-hydrogen) atoms. The molecule has 2 aliphatic heterocycles. The van der Waals surface area contributed by atoms with Crippen LogP contribution < -0.4 is 21.1 Å². The van der Waals surface area contributed by atoms with Gasteiger partial charge in [0.25, 0.3) is 0 Å². The minimum atomic E-state index is -3.86. The highest BCUT2D eigenvalue weighted by atomic mass is 32.2. The summed E-state index contributed by atoms with van der Waals surface area (Å²) in [6.45, 7) is 2.22. The van der Waals surface area contributed by atoms with Gasteiger partial charge in [-0.3, -0.25) is 0 Å². The number of urea groups is 1. The molecule has 3 rings (SSSR count). The SMILES string of the molecule is Nc1ccc(N2CCN3C(=O)NCC3C2)c(S(N)(=O)=O)c1. The molecule has 2 amide bonds. The van der Waals surface area contributed by atoms with Crippen molar-refractivity contribution >= 4 is 27.4 Å². The maximum absolute atomic E-state index is 11.7. The number of nitrogens with one attached hydrogen (secondary N) is 1. The first-order valence-electron chi connectivity index (χ1n) is 6.58. The predicted molar refractivity (Wildman–Crippen MR) is 78.3 cm³/mol. The van der Waals surface area contributed by atoms with Crippen LogP contribution in [0.25, 0.3) is 0 Å². The van der Waals surface area contributed by atoms with Crippen LogP contribution in [0.3, 0.4) is 0 Å². The molecule has 9 heteroatoms. The van der Waals surface area contributed by atoms with E-state index in [0.29, 0.717) is 37.6 Å². The van der Waals surface area contributed by atoms with Crippen LogP contribution in [-0.4, -0.2) is 51.6 Å². The lowest BCUT2D eigenvalue weighted by atomic mass is 10.1. The van der Waals surface area contributed by atoms with Crippen LogP contribution in [0.2, 0.25) is 0 Å². The van der Waals surface area contributed by atoms with Crippen LogP contribution in [0.4, 0.5) is 16.2 Å². The fourth-order valence-electron chi connectivity index (χ4n) is 2.84. The summed E-state index contributed by atoms with van der Waals surface area (Å²) in [6, 6.07) is 4.65. The number of fused-ring (bicyclic) bond motifs is 1. The molecule has 5 N–H and O–H groups in total. The van der Waals surface area contributed by atoms with Gasteiger partial charge in [0.15, 0.2) is 0 Å². The molecule has 1 aromatic carbocycles. The number of hydrogen-bond donors (Lipinski definition) is 3. The molecule has 0 bridgehead atoms. The third kappa shape index (κ3) is 2.49. The van der Waals surface area contributed by atoms with Gasteiger partial charge in [-0.25, -0.2) is 18.4 Å². The molecule has 0 radical (unpaired) electrons. The number of primary sulfonamides is 1. The second kappa shape index (κ2) is 4.78. The number of nitrogen functional groups attached to an aromatic ring is 1. The Labute approximate surface area is 122 Å². The van der Waals surface area contributed by atoms with E-state index in [9.17, 15) is 13.2 Å². The summed E-state index contributed by atoms with van der Waals surface area (Å²) in [5.74, 6) is 0.